The molecule has 1 aromatic rings. The van der Waals surface area contributed by atoms with Crippen molar-refractivity contribution in [2.45, 2.75) is 32.7 Å². The molecule has 0 aromatic heterocycles. The zero-order valence-electron chi connectivity index (χ0n) is 10.9. The van der Waals surface area contributed by atoms with Crippen LogP contribution >= 0.6 is 24.0 Å². The SMILES string of the molecule is Cc1cc(C)cc(NC(N)=N[C@H]2C[C@@H]2C(F)F)c1.I. The zero-order valence-corrected chi connectivity index (χ0v) is 13.2. The Kier molecular flexibility index (Phi) is 5.51. The van der Waals surface area contributed by atoms with Crippen LogP contribution in [0.25, 0.3) is 0 Å². The Balaban J connectivity index is 0.00000180. The second kappa shape index (κ2) is 6.49. The van der Waals surface area contributed by atoms with Gasteiger partial charge < -0.3 is 11.1 Å². The third kappa shape index (κ3) is 4.59. The van der Waals surface area contributed by atoms with Gasteiger partial charge in [0.2, 0.25) is 6.43 Å². The fourth-order valence-electron chi connectivity index (χ4n) is 2.03. The van der Waals surface area contributed by atoms with Gasteiger partial charge in [0.25, 0.3) is 0 Å². The van der Waals surface area contributed by atoms with Crippen molar-refractivity contribution < 1.29 is 8.78 Å². The van der Waals surface area contributed by atoms with Gasteiger partial charge >= 0.3 is 0 Å². The number of aryl methyl sites for hydroxylation is 2. The summed E-state index contributed by atoms with van der Waals surface area (Å²) in [5.41, 5.74) is 8.77. The van der Waals surface area contributed by atoms with Crippen molar-refractivity contribution in [3.63, 3.8) is 0 Å². The molecule has 1 saturated carbocycles. The number of hydrogen-bond acceptors (Lipinski definition) is 1. The Morgan fingerprint density at radius 2 is 1.89 bits per heavy atom. The Morgan fingerprint density at radius 1 is 1.32 bits per heavy atom. The maximum Gasteiger partial charge on any atom is 0.243 e. The van der Waals surface area contributed by atoms with E-state index in [1.54, 1.807) is 0 Å². The van der Waals surface area contributed by atoms with E-state index in [4.69, 9.17) is 5.73 Å². The monoisotopic (exact) mass is 381 g/mol. The lowest BCUT2D eigenvalue weighted by atomic mass is 10.1. The average molecular weight is 381 g/mol. The van der Waals surface area contributed by atoms with Crippen LogP contribution < -0.4 is 11.1 Å². The van der Waals surface area contributed by atoms with Crippen LogP contribution in [0.5, 0.6) is 0 Å². The number of benzene rings is 1. The molecule has 19 heavy (non-hydrogen) atoms. The van der Waals surface area contributed by atoms with E-state index >= 15 is 0 Å². The van der Waals surface area contributed by atoms with E-state index in [1.807, 2.05) is 32.0 Å². The van der Waals surface area contributed by atoms with Gasteiger partial charge in [0.05, 0.1) is 6.04 Å². The fraction of sp³-hybridized carbons (Fsp3) is 0.462. The number of alkyl halides is 2. The molecule has 0 spiro atoms. The third-order valence-electron chi connectivity index (χ3n) is 2.93. The van der Waals surface area contributed by atoms with Gasteiger partial charge in [0.1, 0.15) is 0 Å². The van der Waals surface area contributed by atoms with E-state index in [2.05, 4.69) is 10.3 Å². The van der Waals surface area contributed by atoms with E-state index in [0.717, 1.165) is 16.8 Å². The van der Waals surface area contributed by atoms with Crippen LogP contribution in [0.1, 0.15) is 17.5 Å². The lowest BCUT2D eigenvalue weighted by molar-refractivity contribution is 0.121. The van der Waals surface area contributed by atoms with Crippen molar-refractivity contribution in [1.82, 2.24) is 0 Å². The molecule has 0 bridgehead atoms. The van der Waals surface area contributed by atoms with Crippen LogP contribution in [0, 0.1) is 19.8 Å². The fourth-order valence-corrected chi connectivity index (χ4v) is 2.03. The van der Waals surface area contributed by atoms with Gasteiger partial charge in [-0.15, -0.1) is 24.0 Å². The van der Waals surface area contributed by atoms with E-state index in [9.17, 15) is 8.78 Å². The number of rotatable bonds is 3. The van der Waals surface area contributed by atoms with E-state index in [1.165, 1.54) is 0 Å². The number of halogens is 3. The summed E-state index contributed by atoms with van der Waals surface area (Å²) < 4.78 is 24.6. The van der Waals surface area contributed by atoms with Crippen LogP contribution in [0.3, 0.4) is 0 Å². The molecule has 1 fully saturated rings. The first-order valence-electron chi connectivity index (χ1n) is 5.92. The predicted octanol–water partition coefficient (Wildman–Crippen LogP) is 3.30. The molecule has 0 radical (unpaired) electrons. The first kappa shape index (κ1) is 16.1. The van der Waals surface area contributed by atoms with Gasteiger partial charge in [-0.3, -0.25) is 0 Å². The normalized spacial score (nSPS) is 22.1. The van der Waals surface area contributed by atoms with Crippen LogP contribution in [0.2, 0.25) is 0 Å². The minimum Gasteiger partial charge on any atom is -0.370 e. The number of nitrogens with zero attached hydrogens (tertiary/aromatic N) is 1. The van der Waals surface area contributed by atoms with Crippen LogP contribution in [-0.2, 0) is 0 Å². The Morgan fingerprint density at radius 3 is 2.37 bits per heavy atom. The minimum absolute atomic E-state index is 0. The Bertz CT molecular complexity index is 457. The lowest BCUT2D eigenvalue weighted by Gasteiger charge is -2.07. The van der Waals surface area contributed by atoms with Crippen molar-refractivity contribution in [2.24, 2.45) is 16.6 Å². The van der Waals surface area contributed by atoms with Gasteiger partial charge in [-0.05, 0) is 43.5 Å². The van der Waals surface area contributed by atoms with Gasteiger partial charge in [-0.2, -0.15) is 0 Å². The molecule has 0 amide bonds. The highest BCUT2D eigenvalue weighted by Crippen LogP contribution is 2.38. The molecule has 6 heteroatoms. The number of guanidine groups is 1. The standard InChI is InChI=1S/C13H17F2N3.HI/c1-7-3-8(2)5-9(4-7)17-13(16)18-11-6-10(11)12(14)15;/h3-5,10-12H,6H2,1-2H3,(H3,16,17,18);1H/t10-,11-;/m0./s1. The quantitative estimate of drug-likeness (QED) is 0.480. The van der Waals surface area contributed by atoms with E-state index < -0.39 is 12.3 Å². The second-order valence-electron chi connectivity index (χ2n) is 4.82. The van der Waals surface area contributed by atoms with Gasteiger partial charge in [0.15, 0.2) is 5.96 Å². The van der Waals surface area contributed by atoms with Crippen molar-refractivity contribution in [3.8, 4) is 0 Å². The zero-order chi connectivity index (χ0) is 13.3. The van der Waals surface area contributed by atoms with Crippen molar-refractivity contribution in [1.29, 1.82) is 0 Å². The summed E-state index contributed by atoms with van der Waals surface area (Å²) in [6, 6.07) is 5.59. The van der Waals surface area contributed by atoms with Crippen LogP contribution in [0.15, 0.2) is 23.2 Å². The molecule has 0 heterocycles. The summed E-state index contributed by atoms with van der Waals surface area (Å²) in [4.78, 5) is 4.05. The van der Waals surface area contributed by atoms with Crippen molar-refractivity contribution >= 4 is 35.6 Å². The number of anilines is 1. The first-order valence-corrected chi connectivity index (χ1v) is 5.92. The van der Waals surface area contributed by atoms with E-state index in [0.29, 0.717) is 6.42 Å². The molecule has 2 atom stereocenters. The number of hydrogen-bond donors (Lipinski definition) is 2. The maximum absolute atomic E-state index is 12.3. The maximum atomic E-state index is 12.3. The molecule has 0 saturated heterocycles. The summed E-state index contributed by atoms with van der Waals surface area (Å²) in [5.74, 6) is -0.419. The molecule has 1 aliphatic carbocycles. The van der Waals surface area contributed by atoms with Crippen LogP contribution in [0.4, 0.5) is 14.5 Å². The third-order valence-corrected chi connectivity index (χ3v) is 2.93. The smallest absolute Gasteiger partial charge is 0.243 e. The number of aliphatic imine (C=N–C) groups is 1. The average Bonchev–Trinajstić information content (AvgIpc) is 2.94. The summed E-state index contributed by atoms with van der Waals surface area (Å²) in [6.45, 7) is 3.97. The highest BCUT2D eigenvalue weighted by atomic mass is 127. The number of nitrogens with two attached hydrogens (primary N) is 1. The highest BCUT2D eigenvalue weighted by molar-refractivity contribution is 14.0. The molecule has 3 N–H and O–H groups in total. The van der Waals surface area contributed by atoms with Crippen LogP contribution in [-0.4, -0.2) is 18.4 Å². The van der Waals surface area contributed by atoms with Gasteiger partial charge in [-0.1, -0.05) is 6.07 Å². The first-order chi connectivity index (χ1) is 8.45. The largest absolute Gasteiger partial charge is 0.370 e. The highest BCUT2D eigenvalue weighted by Gasteiger charge is 2.44. The molecule has 2 rings (SSSR count). The molecular formula is C13H18F2IN3. The van der Waals surface area contributed by atoms with Crippen molar-refractivity contribution in [3.05, 3.63) is 29.3 Å². The molecule has 106 valence electrons. The summed E-state index contributed by atoms with van der Waals surface area (Å²) in [5, 5.41) is 2.94. The summed E-state index contributed by atoms with van der Waals surface area (Å²) in [7, 11) is 0. The lowest BCUT2D eigenvalue weighted by Crippen LogP contribution is -2.23. The predicted molar refractivity (Wildman–Crippen MR) is 84.5 cm³/mol. The van der Waals surface area contributed by atoms with E-state index in [-0.39, 0.29) is 36.0 Å². The van der Waals surface area contributed by atoms with Crippen molar-refractivity contribution in [2.75, 3.05) is 5.32 Å². The molecule has 3 nitrogen and oxygen atoms in total. The molecule has 0 unspecified atom stereocenters. The number of nitrogens with one attached hydrogen (secondary N) is 1. The summed E-state index contributed by atoms with van der Waals surface area (Å²) >= 11 is 0. The molecular weight excluding hydrogens is 363 g/mol. The Labute approximate surface area is 128 Å². The van der Waals surface area contributed by atoms with Gasteiger partial charge in [-0.25, -0.2) is 13.8 Å². The molecule has 1 aliphatic rings. The second-order valence-corrected chi connectivity index (χ2v) is 4.82. The summed E-state index contributed by atoms with van der Waals surface area (Å²) in [6.07, 6.45) is -1.87. The molecule has 0 aliphatic heterocycles. The molecule has 1 aromatic carbocycles. The minimum atomic E-state index is -2.30. The Hall–Kier alpha value is -0.920. The topological polar surface area (TPSA) is 50.4 Å². The van der Waals surface area contributed by atoms with Gasteiger partial charge in [0, 0.05) is 11.6 Å².